The number of quaternary nitrogens is 1. The van der Waals surface area contributed by atoms with Gasteiger partial charge in [-0.2, -0.15) is 0 Å². The van der Waals surface area contributed by atoms with Gasteiger partial charge >= 0.3 is 17.9 Å². The molecule has 0 bridgehead atoms. The van der Waals surface area contributed by atoms with Gasteiger partial charge in [-0.25, -0.2) is 0 Å². The second kappa shape index (κ2) is 12.9. The molecule has 3 atom stereocenters. The van der Waals surface area contributed by atoms with Crippen LogP contribution < -0.4 is 17.2 Å². The number of carboxylic acids is 2. The fourth-order valence-electron chi connectivity index (χ4n) is 2.44. The Morgan fingerprint density at radius 3 is 2.07 bits per heavy atom. The standard InChI is InChI=1S/C17H33N5O7/c1-22(2,3)9-11(7-14(23)24)28-10-12(8-15(25)26)29-16(27)13(18)5-4-6-21-17(19)20/h11-13H,4-10,18H2,1-3H3,(H5-,19,20,21,23,24,25,26)/p+1/t11-,12?,13+/m1/s1. The van der Waals surface area contributed by atoms with Gasteiger partial charge in [0, 0.05) is 6.54 Å². The summed E-state index contributed by atoms with van der Waals surface area (Å²) in [6.07, 6.45) is -1.81. The third kappa shape index (κ3) is 15.2. The lowest BCUT2D eigenvalue weighted by molar-refractivity contribution is -0.873. The van der Waals surface area contributed by atoms with E-state index in [0.717, 1.165) is 0 Å². The van der Waals surface area contributed by atoms with Gasteiger partial charge < -0.3 is 41.4 Å². The van der Waals surface area contributed by atoms with Crippen LogP contribution >= 0.6 is 0 Å². The zero-order chi connectivity index (χ0) is 22.6. The predicted octanol–water partition coefficient (Wildman–Crippen LogP) is -1.68. The molecular weight excluding hydrogens is 386 g/mol. The molecule has 0 saturated carbocycles. The quantitative estimate of drug-likeness (QED) is 0.0669. The maximum Gasteiger partial charge on any atom is 0.323 e. The summed E-state index contributed by atoms with van der Waals surface area (Å²) in [6, 6.07) is -0.971. The Bertz CT molecular complexity index is 573. The van der Waals surface area contributed by atoms with Crippen LogP contribution in [-0.2, 0) is 23.9 Å². The number of hydrogen-bond acceptors (Lipinski definition) is 7. The average Bonchev–Trinajstić information content (AvgIpc) is 2.53. The van der Waals surface area contributed by atoms with E-state index in [1.54, 1.807) is 0 Å². The molecule has 0 radical (unpaired) electrons. The number of esters is 1. The molecule has 0 saturated heterocycles. The molecular formula is C17H34N5O7+. The van der Waals surface area contributed by atoms with Gasteiger partial charge in [0.1, 0.15) is 24.8 Å². The minimum atomic E-state index is -1.19. The largest absolute Gasteiger partial charge is 0.481 e. The Hall–Kier alpha value is -2.44. The van der Waals surface area contributed by atoms with Crippen LogP contribution in [0, 0.1) is 0 Å². The molecule has 0 rings (SSSR count). The van der Waals surface area contributed by atoms with E-state index in [2.05, 4.69) is 4.99 Å². The highest BCUT2D eigenvalue weighted by Crippen LogP contribution is 2.10. The van der Waals surface area contributed by atoms with Gasteiger partial charge in [0.2, 0.25) is 0 Å². The highest BCUT2D eigenvalue weighted by molar-refractivity contribution is 5.76. The van der Waals surface area contributed by atoms with Gasteiger partial charge in [0.15, 0.2) is 5.96 Å². The lowest BCUT2D eigenvalue weighted by Gasteiger charge is -2.29. The van der Waals surface area contributed by atoms with E-state index in [4.69, 9.17) is 36.9 Å². The summed E-state index contributed by atoms with van der Waals surface area (Å²) in [5, 5.41) is 18.1. The molecule has 0 heterocycles. The van der Waals surface area contributed by atoms with Gasteiger partial charge in [0.05, 0.1) is 40.6 Å². The molecule has 29 heavy (non-hydrogen) atoms. The molecule has 8 N–H and O–H groups in total. The first-order chi connectivity index (χ1) is 13.3. The average molecular weight is 420 g/mol. The zero-order valence-corrected chi connectivity index (χ0v) is 17.2. The van der Waals surface area contributed by atoms with Crippen LogP contribution in [-0.4, -0.2) is 97.7 Å². The number of carbonyl (C=O) groups is 3. The molecule has 0 fully saturated rings. The fraction of sp³-hybridized carbons (Fsp3) is 0.765. The normalized spacial score (nSPS) is 14.5. The van der Waals surface area contributed by atoms with Crippen molar-refractivity contribution in [2.24, 2.45) is 22.2 Å². The van der Waals surface area contributed by atoms with Crippen molar-refractivity contribution in [3.8, 4) is 0 Å². The summed E-state index contributed by atoms with van der Waals surface area (Å²) in [5.74, 6) is -3.07. The van der Waals surface area contributed by atoms with E-state index in [1.165, 1.54) is 0 Å². The molecule has 0 aliphatic carbocycles. The number of likely N-dealkylation sites (N-methyl/N-ethyl adjacent to an activating group) is 1. The van der Waals surface area contributed by atoms with Crippen LogP contribution in [0.1, 0.15) is 25.7 Å². The van der Waals surface area contributed by atoms with E-state index < -0.39 is 42.6 Å². The highest BCUT2D eigenvalue weighted by atomic mass is 16.6. The number of aliphatic carboxylic acids is 2. The number of nitrogens with zero attached hydrogens (tertiary/aromatic N) is 2. The summed E-state index contributed by atoms with van der Waals surface area (Å²) in [6.45, 7) is 0.425. The molecule has 168 valence electrons. The third-order valence-electron chi connectivity index (χ3n) is 3.63. The SMILES string of the molecule is C[N+](C)(C)C[C@@H](CC(=O)O)OCC(CC(=O)O)OC(=O)[C@@H](N)CCCN=C(N)N. The van der Waals surface area contributed by atoms with E-state index in [-0.39, 0.29) is 25.4 Å². The van der Waals surface area contributed by atoms with Crippen LogP contribution in [0.5, 0.6) is 0 Å². The molecule has 1 unspecified atom stereocenters. The minimum Gasteiger partial charge on any atom is -0.481 e. The lowest BCUT2D eigenvalue weighted by atomic mass is 10.1. The number of carboxylic acid groups (broad SMARTS) is 2. The first kappa shape index (κ1) is 26.6. The second-order valence-corrected chi connectivity index (χ2v) is 7.74. The van der Waals surface area contributed by atoms with Gasteiger partial charge in [0.25, 0.3) is 0 Å². The minimum absolute atomic E-state index is 0.0652. The Morgan fingerprint density at radius 1 is 1.03 bits per heavy atom. The van der Waals surface area contributed by atoms with Crippen molar-refractivity contribution in [2.75, 3.05) is 40.8 Å². The highest BCUT2D eigenvalue weighted by Gasteiger charge is 2.27. The van der Waals surface area contributed by atoms with Crippen molar-refractivity contribution in [1.82, 2.24) is 0 Å². The number of carbonyl (C=O) groups excluding carboxylic acids is 1. The number of aliphatic imine (C=N–C) groups is 1. The smallest absolute Gasteiger partial charge is 0.323 e. The molecule has 0 aromatic heterocycles. The van der Waals surface area contributed by atoms with Crippen molar-refractivity contribution in [3.05, 3.63) is 0 Å². The molecule has 0 aromatic rings. The van der Waals surface area contributed by atoms with Gasteiger partial charge in [-0.15, -0.1) is 0 Å². The molecule has 0 aliphatic heterocycles. The molecule has 0 aliphatic rings. The maximum absolute atomic E-state index is 12.1. The Labute approximate surface area is 170 Å². The predicted molar refractivity (Wildman–Crippen MR) is 105 cm³/mol. The Balaban J connectivity index is 4.80. The summed E-state index contributed by atoms with van der Waals surface area (Å²) in [7, 11) is 5.61. The van der Waals surface area contributed by atoms with Crippen LogP contribution in [0.2, 0.25) is 0 Å². The van der Waals surface area contributed by atoms with Crippen molar-refractivity contribution < 1.29 is 38.6 Å². The van der Waals surface area contributed by atoms with E-state index in [1.807, 2.05) is 21.1 Å². The molecule has 0 aromatic carbocycles. The monoisotopic (exact) mass is 420 g/mol. The van der Waals surface area contributed by atoms with Crippen LogP contribution in [0.3, 0.4) is 0 Å². The fourth-order valence-corrected chi connectivity index (χ4v) is 2.44. The molecule has 0 amide bonds. The number of ether oxygens (including phenoxy) is 2. The first-order valence-electron chi connectivity index (χ1n) is 9.17. The zero-order valence-electron chi connectivity index (χ0n) is 17.2. The van der Waals surface area contributed by atoms with E-state index >= 15 is 0 Å². The second-order valence-electron chi connectivity index (χ2n) is 7.74. The summed E-state index contributed by atoms with van der Waals surface area (Å²) >= 11 is 0. The van der Waals surface area contributed by atoms with Crippen LogP contribution in [0.25, 0.3) is 0 Å². The number of nitrogens with two attached hydrogens (primary N) is 3. The van der Waals surface area contributed by atoms with Crippen LogP contribution in [0.15, 0.2) is 4.99 Å². The summed E-state index contributed by atoms with van der Waals surface area (Å²) in [5.41, 5.74) is 16.2. The van der Waals surface area contributed by atoms with E-state index in [9.17, 15) is 14.4 Å². The van der Waals surface area contributed by atoms with Crippen molar-refractivity contribution >= 4 is 23.9 Å². The van der Waals surface area contributed by atoms with E-state index in [0.29, 0.717) is 24.0 Å². The lowest BCUT2D eigenvalue weighted by Crippen LogP contribution is -2.44. The molecule has 12 nitrogen and oxygen atoms in total. The van der Waals surface area contributed by atoms with Gasteiger partial charge in [-0.3, -0.25) is 19.4 Å². The number of hydrogen-bond donors (Lipinski definition) is 5. The Kier molecular flexibility index (Phi) is 11.8. The molecule has 0 spiro atoms. The third-order valence-corrected chi connectivity index (χ3v) is 3.63. The Morgan fingerprint density at radius 2 is 1.59 bits per heavy atom. The first-order valence-corrected chi connectivity index (χ1v) is 9.17. The van der Waals surface area contributed by atoms with Crippen LogP contribution in [0.4, 0.5) is 0 Å². The number of guanidine groups is 1. The topological polar surface area (TPSA) is 201 Å². The summed E-state index contributed by atoms with van der Waals surface area (Å²) in [4.78, 5) is 38.0. The van der Waals surface area contributed by atoms with Crippen molar-refractivity contribution in [2.45, 2.75) is 43.9 Å². The van der Waals surface area contributed by atoms with Crippen molar-refractivity contribution in [3.63, 3.8) is 0 Å². The maximum atomic E-state index is 12.1. The van der Waals surface area contributed by atoms with Crippen molar-refractivity contribution in [1.29, 1.82) is 0 Å². The van der Waals surface area contributed by atoms with Gasteiger partial charge in [-0.05, 0) is 12.8 Å². The number of rotatable bonds is 15. The summed E-state index contributed by atoms with van der Waals surface area (Å²) < 4.78 is 11.2. The van der Waals surface area contributed by atoms with Gasteiger partial charge in [-0.1, -0.05) is 0 Å². The molecule has 12 heteroatoms.